The first-order valence-electron chi connectivity index (χ1n) is 6.17. The van der Waals surface area contributed by atoms with Crippen LogP contribution in [0.2, 0.25) is 5.02 Å². The van der Waals surface area contributed by atoms with Gasteiger partial charge in [-0.15, -0.1) is 0 Å². The van der Waals surface area contributed by atoms with Crippen LogP contribution >= 0.6 is 23.4 Å². The van der Waals surface area contributed by atoms with Crippen LogP contribution in [0.15, 0.2) is 40.4 Å². The second kappa shape index (κ2) is 4.33. The Hall–Kier alpha value is -1.83. The Bertz CT molecular complexity index is 905. The van der Waals surface area contributed by atoms with E-state index < -0.39 is 5.72 Å². The van der Waals surface area contributed by atoms with Crippen molar-refractivity contribution in [1.29, 1.82) is 0 Å². The van der Waals surface area contributed by atoms with Gasteiger partial charge in [0.25, 0.3) is 5.56 Å². The maximum absolute atomic E-state index is 11.9. The van der Waals surface area contributed by atoms with Gasteiger partial charge in [0.05, 0.1) is 11.9 Å². The van der Waals surface area contributed by atoms with Gasteiger partial charge in [0, 0.05) is 10.6 Å². The molecule has 2 N–H and O–H groups in total. The van der Waals surface area contributed by atoms with Gasteiger partial charge in [0.2, 0.25) is 0 Å². The number of hydrogen-bond donors (Lipinski definition) is 2. The lowest BCUT2D eigenvalue weighted by Gasteiger charge is -2.26. The fraction of sp³-hybridized carbons (Fsp3) is 0.154. The van der Waals surface area contributed by atoms with Gasteiger partial charge in [0.15, 0.2) is 10.9 Å². The molecule has 0 fully saturated rings. The van der Waals surface area contributed by atoms with Crippen LogP contribution in [0.3, 0.4) is 0 Å². The first kappa shape index (κ1) is 12.9. The summed E-state index contributed by atoms with van der Waals surface area (Å²) in [4.78, 5) is 15.9. The minimum absolute atomic E-state index is 0.349. The van der Waals surface area contributed by atoms with E-state index in [4.69, 9.17) is 11.6 Å². The summed E-state index contributed by atoms with van der Waals surface area (Å²) in [6.45, 7) is 0. The third-order valence-electron chi connectivity index (χ3n) is 3.54. The summed E-state index contributed by atoms with van der Waals surface area (Å²) in [5.41, 5.74) is -0.499. The van der Waals surface area contributed by atoms with E-state index in [0.29, 0.717) is 32.5 Å². The van der Waals surface area contributed by atoms with E-state index in [1.807, 2.05) is 0 Å². The summed E-state index contributed by atoms with van der Waals surface area (Å²) in [6, 6.07) is 6.96. The molecule has 0 saturated heterocycles. The molecule has 1 aliphatic heterocycles. The lowest BCUT2D eigenvalue weighted by atomic mass is 10.0. The highest BCUT2D eigenvalue weighted by atomic mass is 35.5. The van der Waals surface area contributed by atoms with Crippen LogP contribution in [0.5, 0.6) is 0 Å². The number of nitrogens with one attached hydrogen (secondary N) is 1. The van der Waals surface area contributed by atoms with Crippen LogP contribution in [0.4, 0.5) is 0 Å². The molecule has 106 valence electrons. The summed E-state index contributed by atoms with van der Waals surface area (Å²) >= 11 is 7.23. The fourth-order valence-electron chi connectivity index (χ4n) is 2.50. The van der Waals surface area contributed by atoms with Crippen molar-refractivity contribution >= 4 is 34.4 Å². The average molecular weight is 321 g/mol. The topological polar surface area (TPSA) is 83.8 Å². The molecule has 0 spiro atoms. The molecule has 6 nitrogen and oxygen atoms in total. The SMILES string of the molecule is O=c1nc2n(c3[nH]ncc13)[C@@](O)(c1ccc(Cl)cc1)CS2. The van der Waals surface area contributed by atoms with Gasteiger partial charge in [-0.2, -0.15) is 10.1 Å². The molecular weight excluding hydrogens is 312 g/mol. The number of benzene rings is 1. The number of thioether (sulfide) groups is 1. The molecule has 21 heavy (non-hydrogen) atoms. The predicted molar refractivity (Wildman–Crippen MR) is 79.6 cm³/mol. The number of H-pyrrole nitrogens is 1. The Morgan fingerprint density at radius 2 is 2.14 bits per heavy atom. The van der Waals surface area contributed by atoms with Crippen LogP contribution in [0.25, 0.3) is 11.0 Å². The number of hydrogen-bond acceptors (Lipinski definition) is 5. The van der Waals surface area contributed by atoms with Crippen molar-refractivity contribution in [3.8, 4) is 0 Å². The monoisotopic (exact) mass is 320 g/mol. The van der Waals surface area contributed by atoms with Crippen molar-refractivity contribution in [1.82, 2.24) is 19.7 Å². The highest BCUT2D eigenvalue weighted by Crippen LogP contribution is 2.40. The van der Waals surface area contributed by atoms with E-state index in [1.54, 1.807) is 28.8 Å². The number of aromatic nitrogens is 4. The van der Waals surface area contributed by atoms with Gasteiger partial charge in [-0.25, -0.2) is 0 Å². The fourth-order valence-corrected chi connectivity index (χ4v) is 3.77. The molecule has 3 heterocycles. The predicted octanol–water partition coefficient (Wildman–Crippen LogP) is 1.57. The van der Waals surface area contributed by atoms with E-state index in [2.05, 4.69) is 15.2 Å². The number of fused-ring (bicyclic) bond motifs is 3. The normalized spacial score (nSPS) is 20.9. The standard InChI is InChI=1S/C13H9ClN4O2S/c14-8-3-1-7(2-4-8)13(20)6-21-12-16-11(19)9-5-15-17-10(9)18(12)13/h1-5,20H,6H2,(H,15,17)/t13-/m0/s1. The van der Waals surface area contributed by atoms with E-state index in [-0.39, 0.29) is 5.56 Å². The van der Waals surface area contributed by atoms with Crippen LogP contribution in [0.1, 0.15) is 5.56 Å². The van der Waals surface area contributed by atoms with E-state index in [0.717, 1.165) is 0 Å². The van der Waals surface area contributed by atoms with Crippen LogP contribution in [0, 0.1) is 0 Å². The number of nitrogens with zero attached hydrogens (tertiary/aromatic N) is 3. The smallest absolute Gasteiger partial charge is 0.284 e. The molecule has 8 heteroatoms. The lowest BCUT2D eigenvalue weighted by molar-refractivity contribution is 0.0312. The first-order valence-corrected chi connectivity index (χ1v) is 7.54. The molecule has 1 atom stereocenters. The number of aromatic amines is 1. The van der Waals surface area contributed by atoms with Gasteiger partial charge >= 0.3 is 0 Å². The molecule has 3 aromatic rings. The molecule has 0 amide bonds. The van der Waals surface area contributed by atoms with Crippen LogP contribution < -0.4 is 5.56 Å². The van der Waals surface area contributed by atoms with Gasteiger partial charge in [0.1, 0.15) is 11.0 Å². The minimum Gasteiger partial charge on any atom is -0.366 e. The molecule has 0 aliphatic carbocycles. The highest BCUT2D eigenvalue weighted by Gasteiger charge is 2.41. The van der Waals surface area contributed by atoms with Gasteiger partial charge in [-0.05, 0) is 12.1 Å². The van der Waals surface area contributed by atoms with E-state index >= 15 is 0 Å². The summed E-state index contributed by atoms with van der Waals surface area (Å²) in [5.74, 6) is 0.360. The average Bonchev–Trinajstić information content (AvgIpc) is 3.06. The van der Waals surface area contributed by atoms with E-state index in [1.165, 1.54) is 18.0 Å². The Morgan fingerprint density at radius 1 is 1.38 bits per heavy atom. The molecule has 0 bridgehead atoms. The quantitative estimate of drug-likeness (QED) is 0.665. The molecule has 1 aliphatic rings. The van der Waals surface area contributed by atoms with Gasteiger partial charge in [-0.1, -0.05) is 35.5 Å². The first-order chi connectivity index (χ1) is 10.1. The van der Waals surface area contributed by atoms with Crippen molar-refractivity contribution in [3.05, 3.63) is 51.4 Å². The molecule has 0 saturated carbocycles. The van der Waals surface area contributed by atoms with Crippen molar-refractivity contribution in [3.63, 3.8) is 0 Å². The van der Waals surface area contributed by atoms with Gasteiger partial charge in [-0.3, -0.25) is 14.5 Å². The lowest BCUT2D eigenvalue weighted by Crippen LogP contribution is -2.35. The minimum atomic E-state index is -1.30. The third-order valence-corrected chi connectivity index (χ3v) is 4.87. The number of aliphatic hydroxyl groups is 1. The summed E-state index contributed by atoms with van der Waals surface area (Å²) < 4.78 is 1.62. The highest BCUT2D eigenvalue weighted by molar-refractivity contribution is 7.99. The van der Waals surface area contributed by atoms with Crippen molar-refractivity contribution in [2.45, 2.75) is 10.9 Å². The molecule has 1 aromatic carbocycles. The Balaban J connectivity index is 2.03. The molecular formula is C13H9ClN4O2S. The Kier molecular flexibility index (Phi) is 2.66. The summed E-state index contributed by atoms with van der Waals surface area (Å²) in [5, 5.41) is 19.2. The molecule has 4 rings (SSSR count). The number of rotatable bonds is 1. The maximum Gasteiger partial charge on any atom is 0.284 e. The number of halogens is 1. The summed E-state index contributed by atoms with van der Waals surface area (Å²) in [6.07, 6.45) is 1.42. The zero-order valence-corrected chi connectivity index (χ0v) is 12.1. The molecule has 0 unspecified atom stereocenters. The van der Waals surface area contributed by atoms with Gasteiger partial charge < -0.3 is 5.11 Å². The van der Waals surface area contributed by atoms with Crippen molar-refractivity contribution < 1.29 is 5.11 Å². The van der Waals surface area contributed by atoms with Crippen molar-refractivity contribution in [2.75, 3.05) is 5.75 Å². The Labute approximate surface area is 127 Å². The second-order valence-electron chi connectivity index (χ2n) is 4.78. The maximum atomic E-state index is 11.9. The van der Waals surface area contributed by atoms with E-state index in [9.17, 15) is 9.90 Å². The zero-order valence-electron chi connectivity index (χ0n) is 10.6. The van der Waals surface area contributed by atoms with Crippen LogP contribution in [-0.4, -0.2) is 30.6 Å². The zero-order chi connectivity index (χ0) is 14.6. The third kappa shape index (κ3) is 1.75. The molecule has 0 radical (unpaired) electrons. The second-order valence-corrected chi connectivity index (χ2v) is 6.16. The van der Waals surface area contributed by atoms with Crippen LogP contribution in [-0.2, 0) is 5.72 Å². The Morgan fingerprint density at radius 3 is 2.90 bits per heavy atom. The van der Waals surface area contributed by atoms with Crippen molar-refractivity contribution in [2.24, 2.45) is 0 Å². The summed E-state index contributed by atoms with van der Waals surface area (Å²) in [7, 11) is 0. The largest absolute Gasteiger partial charge is 0.366 e. The molecule has 2 aromatic heterocycles.